The van der Waals surface area contributed by atoms with Gasteiger partial charge in [0.05, 0.1) is 16.9 Å². The second-order valence-corrected chi connectivity index (χ2v) is 7.11. The maximum absolute atomic E-state index is 7.86. The predicted octanol–water partition coefficient (Wildman–Crippen LogP) is 4.91. The second kappa shape index (κ2) is 6.16. The van der Waals surface area contributed by atoms with Gasteiger partial charge in [0.2, 0.25) is 0 Å². The van der Waals surface area contributed by atoms with Gasteiger partial charge in [0.15, 0.2) is 0 Å². The van der Waals surface area contributed by atoms with E-state index in [0.29, 0.717) is 5.69 Å². The fraction of sp³-hybridized carbons (Fsp3) is 0.174. The number of aryl methyl sites for hydroxylation is 1. The van der Waals surface area contributed by atoms with E-state index in [1.165, 1.54) is 22.7 Å². The highest BCUT2D eigenvalue weighted by atomic mass is 14.8. The van der Waals surface area contributed by atoms with Crippen molar-refractivity contribution in [1.82, 2.24) is 9.97 Å². The first-order valence-electron chi connectivity index (χ1n) is 9.36. The van der Waals surface area contributed by atoms with Crippen molar-refractivity contribution in [2.75, 3.05) is 5.73 Å². The van der Waals surface area contributed by atoms with E-state index in [-0.39, 0.29) is 0 Å². The fourth-order valence-corrected chi connectivity index (χ4v) is 4.32. The fourth-order valence-electron chi connectivity index (χ4n) is 4.32. The average molecular weight is 352 g/mol. The lowest BCUT2D eigenvalue weighted by molar-refractivity contribution is 0.689. The molecule has 1 aliphatic rings. The van der Waals surface area contributed by atoms with Gasteiger partial charge in [-0.2, -0.15) is 0 Å². The van der Waals surface area contributed by atoms with E-state index in [9.17, 15) is 0 Å². The number of nitrogens with two attached hydrogens (primary N) is 1. The summed E-state index contributed by atoms with van der Waals surface area (Å²) in [5, 5.41) is 11.2. The summed E-state index contributed by atoms with van der Waals surface area (Å²) in [7, 11) is 0. The number of hydrogen-bond donors (Lipinski definition) is 2. The van der Waals surface area contributed by atoms with Crippen LogP contribution in [-0.4, -0.2) is 16.2 Å². The number of benzene rings is 2. The summed E-state index contributed by atoms with van der Waals surface area (Å²) in [4.78, 5) is 9.76. The molecule has 4 aromatic rings. The molecule has 5 rings (SSSR count). The maximum atomic E-state index is 7.86. The lowest BCUT2D eigenvalue weighted by Gasteiger charge is -2.23. The number of hydrogen-bond acceptors (Lipinski definition) is 4. The van der Waals surface area contributed by atoms with Crippen LogP contribution in [0, 0.1) is 5.41 Å². The Balaban J connectivity index is 1.91. The van der Waals surface area contributed by atoms with E-state index in [1.54, 1.807) is 0 Å². The summed E-state index contributed by atoms with van der Waals surface area (Å²) in [5.41, 5.74) is 13.0. The van der Waals surface area contributed by atoms with Gasteiger partial charge in [0.1, 0.15) is 0 Å². The molecule has 0 fully saturated rings. The third kappa shape index (κ3) is 2.40. The van der Waals surface area contributed by atoms with Crippen LogP contribution in [0.1, 0.15) is 29.5 Å². The van der Waals surface area contributed by atoms with Gasteiger partial charge in [-0.25, -0.2) is 4.98 Å². The molecule has 0 saturated carbocycles. The minimum atomic E-state index is 0.642. The first kappa shape index (κ1) is 15.9. The summed E-state index contributed by atoms with van der Waals surface area (Å²) in [6.07, 6.45) is 7.52. The lowest BCUT2D eigenvalue weighted by atomic mass is 9.85. The van der Waals surface area contributed by atoms with E-state index in [0.717, 1.165) is 58.9 Å². The molecule has 27 heavy (non-hydrogen) atoms. The van der Waals surface area contributed by atoms with Crippen molar-refractivity contribution in [2.45, 2.75) is 25.7 Å². The number of fused-ring (bicyclic) bond motifs is 4. The Morgan fingerprint density at radius 1 is 0.926 bits per heavy atom. The minimum Gasteiger partial charge on any atom is -0.398 e. The Morgan fingerprint density at radius 3 is 2.59 bits per heavy atom. The molecule has 0 spiro atoms. The molecule has 4 heteroatoms. The Kier molecular flexibility index (Phi) is 3.64. The van der Waals surface area contributed by atoms with E-state index < -0.39 is 0 Å². The van der Waals surface area contributed by atoms with Crippen LogP contribution >= 0.6 is 0 Å². The SMILES string of the molecule is N=Cc1c(N)ccc2nc(-c3nccc4ccccc34)c3c(c12)CCCC3. The van der Waals surface area contributed by atoms with Crippen molar-refractivity contribution in [2.24, 2.45) is 0 Å². The molecule has 3 N–H and O–H groups in total. The Morgan fingerprint density at radius 2 is 1.74 bits per heavy atom. The first-order chi connectivity index (χ1) is 13.3. The molecule has 2 heterocycles. The third-order valence-electron chi connectivity index (χ3n) is 5.59. The van der Waals surface area contributed by atoms with Gasteiger partial charge in [-0.15, -0.1) is 0 Å². The Bertz CT molecular complexity index is 1200. The molecular weight excluding hydrogens is 332 g/mol. The molecule has 4 nitrogen and oxygen atoms in total. The standard InChI is InChI=1S/C23H20N4/c24-13-18-19(25)9-10-20-21(18)16-7-3-4-8-17(16)23(27-20)22-15-6-2-1-5-14(15)11-12-26-22/h1-2,5-6,9-13,24H,3-4,7-8,25H2. The van der Waals surface area contributed by atoms with Crippen LogP contribution < -0.4 is 5.73 Å². The number of aromatic nitrogens is 2. The van der Waals surface area contributed by atoms with Crippen LogP contribution in [-0.2, 0) is 12.8 Å². The average Bonchev–Trinajstić information content (AvgIpc) is 2.73. The summed E-state index contributed by atoms with van der Waals surface area (Å²) >= 11 is 0. The molecular formula is C23H20N4. The summed E-state index contributed by atoms with van der Waals surface area (Å²) in [6.45, 7) is 0. The predicted molar refractivity (Wildman–Crippen MR) is 111 cm³/mol. The van der Waals surface area contributed by atoms with Crippen LogP contribution in [0.4, 0.5) is 5.69 Å². The lowest BCUT2D eigenvalue weighted by Crippen LogP contribution is -2.10. The number of nitrogen functional groups attached to an aromatic ring is 1. The van der Waals surface area contributed by atoms with Crippen molar-refractivity contribution >= 4 is 33.6 Å². The van der Waals surface area contributed by atoms with E-state index in [1.807, 2.05) is 24.4 Å². The molecule has 0 bridgehead atoms. The molecule has 0 radical (unpaired) electrons. The minimum absolute atomic E-state index is 0.642. The Hall–Kier alpha value is -3.27. The zero-order chi connectivity index (χ0) is 18.4. The van der Waals surface area contributed by atoms with Crippen molar-refractivity contribution in [3.05, 3.63) is 65.4 Å². The van der Waals surface area contributed by atoms with Gasteiger partial charge in [0, 0.05) is 34.4 Å². The van der Waals surface area contributed by atoms with Crippen LogP contribution in [0.3, 0.4) is 0 Å². The van der Waals surface area contributed by atoms with Crippen molar-refractivity contribution < 1.29 is 0 Å². The van der Waals surface area contributed by atoms with Gasteiger partial charge in [0.25, 0.3) is 0 Å². The maximum Gasteiger partial charge on any atom is 0.0967 e. The van der Waals surface area contributed by atoms with Gasteiger partial charge in [-0.1, -0.05) is 24.3 Å². The molecule has 0 atom stereocenters. The summed E-state index contributed by atoms with van der Waals surface area (Å²) in [6, 6.07) is 14.2. The largest absolute Gasteiger partial charge is 0.398 e. The highest BCUT2D eigenvalue weighted by molar-refractivity contribution is 6.06. The molecule has 2 aromatic heterocycles. The number of anilines is 1. The zero-order valence-corrected chi connectivity index (χ0v) is 15.0. The number of pyridine rings is 2. The normalized spacial score (nSPS) is 13.6. The molecule has 132 valence electrons. The molecule has 1 aliphatic carbocycles. The van der Waals surface area contributed by atoms with E-state index in [2.05, 4.69) is 24.3 Å². The quantitative estimate of drug-likeness (QED) is 0.397. The van der Waals surface area contributed by atoms with Crippen LogP contribution in [0.2, 0.25) is 0 Å². The molecule has 0 aliphatic heterocycles. The topological polar surface area (TPSA) is 75.7 Å². The highest BCUT2D eigenvalue weighted by Crippen LogP contribution is 2.38. The van der Waals surface area contributed by atoms with Gasteiger partial charge in [-0.05, 0) is 60.4 Å². The number of nitrogens with one attached hydrogen (secondary N) is 1. The zero-order valence-electron chi connectivity index (χ0n) is 15.0. The summed E-state index contributed by atoms with van der Waals surface area (Å²) in [5.74, 6) is 0. The second-order valence-electron chi connectivity index (χ2n) is 7.11. The van der Waals surface area contributed by atoms with E-state index >= 15 is 0 Å². The van der Waals surface area contributed by atoms with Gasteiger partial charge >= 0.3 is 0 Å². The molecule has 0 saturated heterocycles. The smallest absolute Gasteiger partial charge is 0.0967 e. The number of nitrogens with zero attached hydrogens (tertiary/aromatic N) is 2. The molecule has 0 unspecified atom stereocenters. The van der Waals surface area contributed by atoms with E-state index in [4.69, 9.17) is 21.1 Å². The van der Waals surface area contributed by atoms with Crippen molar-refractivity contribution in [1.29, 1.82) is 5.41 Å². The molecule has 0 amide bonds. The van der Waals surface area contributed by atoms with Crippen LogP contribution in [0.25, 0.3) is 33.1 Å². The third-order valence-corrected chi connectivity index (χ3v) is 5.59. The van der Waals surface area contributed by atoms with Crippen LogP contribution in [0.15, 0.2) is 48.7 Å². The summed E-state index contributed by atoms with van der Waals surface area (Å²) < 4.78 is 0. The monoisotopic (exact) mass is 352 g/mol. The van der Waals surface area contributed by atoms with Crippen molar-refractivity contribution in [3.8, 4) is 11.4 Å². The highest BCUT2D eigenvalue weighted by Gasteiger charge is 2.22. The van der Waals surface area contributed by atoms with Gasteiger partial charge in [-0.3, -0.25) is 4.98 Å². The number of rotatable bonds is 2. The Labute approximate surface area is 157 Å². The van der Waals surface area contributed by atoms with Crippen LogP contribution in [0.5, 0.6) is 0 Å². The van der Waals surface area contributed by atoms with Gasteiger partial charge < -0.3 is 11.1 Å². The molecule has 2 aromatic carbocycles. The first-order valence-corrected chi connectivity index (χ1v) is 9.36. The van der Waals surface area contributed by atoms with Crippen molar-refractivity contribution in [3.63, 3.8) is 0 Å².